The molecule has 0 spiro atoms. The zero-order valence-corrected chi connectivity index (χ0v) is 13.1. The van der Waals surface area contributed by atoms with Gasteiger partial charge in [0.2, 0.25) is 0 Å². The van der Waals surface area contributed by atoms with Crippen LogP contribution in [0.15, 0.2) is 23.1 Å². The molecule has 1 heterocycles. The molecule has 1 aromatic carbocycles. The topological polar surface area (TPSA) is 116 Å². The standard InChI is InChI=1S/C12H15N5O4S/c1-4-21-11(18)10-7-9(6-5-8(10)2)22(19,20)15-12-13-16-17(3)14-12/h5-7H,4H2,1-3H3,(H,14,15). The second-order valence-corrected chi connectivity index (χ2v) is 6.09. The van der Waals surface area contributed by atoms with Gasteiger partial charge in [0.1, 0.15) is 0 Å². The average molecular weight is 325 g/mol. The molecular formula is C12H15N5O4S. The number of esters is 1. The van der Waals surface area contributed by atoms with Crippen LogP contribution < -0.4 is 4.72 Å². The largest absolute Gasteiger partial charge is 0.462 e. The summed E-state index contributed by atoms with van der Waals surface area (Å²) in [6.07, 6.45) is 0. The summed E-state index contributed by atoms with van der Waals surface area (Å²) < 4.78 is 31.6. The van der Waals surface area contributed by atoms with Crippen molar-refractivity contribution in [2.75, 3.05) is 11.3 Å². The number of benzene rings is 1. The van der Waals surface area contributed by atoms with E-state index in [9.17, 15) is 13.2 Å². The second kappa shape index (κ2) is 6.10. The lowest BCUT2D eigenvalue weighted by molar-refractivity contribution is 0.0525. The van der Waals surface area contributed by atoms with Gasteiger partial charge in [-0.3, -0.25) is 0 Å². The van der Waals surface area contributed by atoms with Crippen molar-refractivity contribution in [1.29, 1.82) is 0 Å². The highest BCUT2D eigenvalue weighted by Crippen LogP contribution is 2.18. The van der Waals surface area contributed by atoms with Crippen molar-refractivity contribution < 1.29 is 17.9 Å². The van der Waals surface area contributed by atoms with Gasteiger partial charge in [-0.1, -0.05) is 11.2 Å². The summed E-state index contributed by atoms with van der Waals surface area (Å²) >= 11 is 0. The first-order valence-corrected chi connectivity index (χ1v) is 7.86. The van der Waals surface area contributed by atoms with Crippen LogP contribution in [0.25, 0.3) is 0 Å². The summed E-state index contributed by atoms with van der Waals surface area (Å²) in [5, 5.41) is 10.8. The summed E-state index contributed by atoms with van der Waals surface area (Å²) in [4.78, 5) is 12.9. The highest BCUT2D eigenvalue weighted by atomic mass is 32.2. The highest BCUT2D eigenvalue weighted by Gasteiger charge is 2.20. The third-order valence-corrected chi connectivity index (χ3v) is 4.07. The Morgan fingerprint density at radius 2 is 2.14 bits per heavy atom. The van der Waals surface area contributed by atoms with Crippen molar-refractivity contribution in [3.63, 3.8) is 0 Å². The molecule has 0 saturated heterocycles. The summed E-state index contributed by atoms with van der Waals surface area (Å²) in [5.74, 6) is -0.726. The van der Waals surface area contributed by atoms with E-state index in [4.69, 9.17) is 4.74 Å². The molecule has 0 aliphatic heterocycles. The monoisotopic (exact) mass is 325 g/mol. The van der Waals surface area contributed by atoms with Crippen molar-refractivity contribution >= 4 is 21.9 Å². The Morgan fingerprint density at radius 1 is 1.41 bits per heavy atom. The van der Waals surface area contributed by atoms with Gasteiger partial charge in [0.25, 0.3) is 16.0 Å². The third-order valence-electron chi connectivity index (χ3n) is 2.75. The molecule has 0 bridgehead atoms. The molecule has 0 amide bonds. The molecule has 0 aliphatic carbocycles. The first-order chi connectivity index (χ1) is 10.3. The zero-order chi connectivity index (χ0) is 16.3. The van der Waals surface area contributed by atoms with Crippen LogP contribution in [0.5, 0.6) is 0 Å². The number of sulfonamides is 1. The maximum atomic E-state index is 12.3. The van der Waals surface area contributed by atoms with E-state index in [1.807, 2.05) is 0 Å². The third kappa shape index (κ3) is 3.39. The number of anilines is 1. The summed E-state index contributed by atoms with van der Waals surface area (Å²) in [7, 11) is -2.41. The molecule has 1 N–H and O–H groups in total. The van der Waals surface area contributed by atoms with Crippen LogP contribution in [-0.4, -0.2) is 41.2 Å². The molecule has 10 heteroatoms. The number of carbonyl (C=O) groups excluding carboxylic acids is 1. The van der Waals surface area contributed by atoms with Crippen LogP contribution in [0, 0.1) is 6.92 Å². The lowest BCUT2D eigenvalue weighted by atomic mass is 10.1. The molecule has 0 unspecified atom stereocenters. The number of ether oxygens (including phenoxy) is 1. The summed E-state index contributed by atoms with van der Waals surface area (Å²) in [6, 6.07) is 4.17. The number of nitrogens with zero attached hydrogens (tertiary/aromatic N) is 4. The van der Waals surface area contributed by atoms with Crippen LogP contribution in [0.2, 0.25) is 0 Å². The number of nitrogens with one attached hydrogen (secondary N) is 1. The van der Waals surface area contributed by atoms with Crippen LogP contribution >= 0.6 is 0 Å². The highest BCUT2D eigenvalue weighted by molar-refractivity contribution is 7.92. The minimum Gasteiger partial charge on any atom is -0.462 e. The Hall–Kier alpha value is -2.49. The quantitative estimate of drug-likeness (QED) is 0.795. The fourth-order valence-corrected chi connectivity index (χ4v) is 2.66. The SMILES string of the molecule is CCOC(=O)c1cc(S(=O)(=O)Nc2nnn(C)n2)ccc1C. The number of hydrogen-bond donors (Lipinski definition) is 1. The van der Waals surface area contributed by atoms with Crippen LogP contribution in [0.4, 0.5) is 5.95 Å². The molecule has 0 atom stereocenters. The number of aryl methyl sites for hydroxylation is 2. The molecule has 0 aliphatic rings. The van der Waals surface area contributed by atoms with Gasteiger partial charge in [0.15, 0.2) is 0 Å². The lowest BCUT2D eigenvalue weighted by Crippen LogP contribution is -2.16. The van der Waals surface area contributed by atoms with Crippen molar-refractivity contribution in [2.45, 2.75) is 18.7 Å². The molecule has 9 nitrogen and oxygen atoms in total. The molecule has 0 radical (unpaired) electrons. The minimum absolute atomic E-state index is 0.0893. The number of rotatable bonds is 5. The van der Waals surface area contributed by atoms with Crippen molar-refractivity contribution in [2.24, 2.45) is 7.05 Å². The first-order valence-electron chi connectivity index (χ1n) is 6.38. The van der Waals surface area contributed by atoms with Gasteiger partial charge in [0.05, 0.1) is 24.1 Å². The number of carbonyl (C=O) groups is 1. The van der Waals surface area contributed by atoms with Gasteiger partial charge < -0.3 is 4.74 Å². The van der Waals surface area contributed by atoms with Gasteiger partial charge in [-0.05, 0) is 36.8 Å². The second-order valence-electron chi connectivity index (χ2n) is 4.41. The Bertz CT molecular complexity index is 800. The molecule has 2 rings (SSSR count). The first kappa shape index (κ1) is 15.9. The predicted octanol–water partition coefficient (Wildman–Crippen LogP) is 0.496. The van der Waals surface area contributed by atoms with Gasteiger partial charge in [0, 0.05) is 0 Å². The van der Waals surface area contributed by atoms with E-state index in [0.29, 0.717) is 5.56 Å². The average Bonchev–Trinajstić information content (AvgIpc) is 2.83. The van der Waals surface area contributed by atoms with Gasteiger partial charge in [-0.2, -0.15) is 4.80 Å². The maximum Gasteiger partial charge on any atom is 0.338 e. The Labute approximate surface area is 127 Å². The van der Waals surface area contributed by atoms with E-state index in [1.54, 1.807) is 13.8 Å². The Balaban J connectivity index is 2.35. The van der Waals surface area contributed by atoms with E-state index in [1.165, 1.54) is 25.2 Å². The molecule has 118 valence electrons. The smallest absolute Gasteiger partial charge is 0.338 e. The molecule has 1 aromatic heterocycles. The van der Waals surface area contributed by atoms with Crippen molar-refractivity contribution in [1.82, 2.24) is 20.2 Å². The maximum absolute atomic E-state index is 12.3. The normalized spacial score (nSPS) is 11.2. The van der Waals surface area contributed by atoms with Gasteiger partial charge >= 0.3 is 5.97 Å². The van der Waals surface area contributed by atoms with E-state index in [-0.39, 0.29) is 23.0 Å². The minimum atomic E-state index is -3.92. The Kier molecular flexibility index (Phi) is 4.40. The predicted molar refractivity (Wildman–Crippen MR) is 76.7 cm³/mol. The molecule has 0 fully saturated rings. The lowest BCUT2D eigenvalue weighted by Gasteiger charge is -2.09. The van der Waals surface area contributed by atoms with E-state index in [0.717, 1.165) is 4.80 Å². The summed E-state index contributed by atoms with van der Waals surface area (Å²) in [5.41, 5.74) is 0.812. The van der Waals surface area contributed by atoms with Crippen LogP contribution in [0.1, 0.15) is 22.8 Å². The number of hydrogen-bond acceptors (Lipinski definition) is 7. The summed E-state index contributed by atoms with van der Waals surface area (Å²) in [6.45, 7) is 3.58. The van der Waals surface area contributed by atoms with Gasteiger partial charge in [-0.25, -0.2) is 17.9 Å². The Morgan fingerprint density at radius 3 is 2.73 bits per heavy atom. The van der Waals surface area contributed by atoms with E-state index < -0.39 is 16.0 Å². The van der Waals surface area contributed by atoms with E-state index in [2.05, 4.69) is 20.1 Å². The number of aromatic nitrogens is 4. The van der Waals surface area contributed by atoms with E-state index >= 15 is 0 Å². The number of tetrazole rings is 1. The van der Waals surface area contributed by atoms with Gasteiger partial charge in [-0.15, -0.1) is 5.10 Å². The fourth-order valence-electron chi connectivity index (χ4n) is 1.70. The van der Waals surface area contributed by atoms with Crippen LogP contribution in [-0.2, 0) is 21.8 Å². The van der Waals surface area contributed by atoms with Crippen molar-refractivity contribution in [3.8, 4) is 0 Å². The molecule has 22 heavy (non-hydrogen) atoms. The van der Waals surface area contributed by atoms with Crippen molar-refractivity contribution in [3.05, 3.63) is 29.3 Å². The molecule has 0 saturated carbocycles. The molecular weight excluding hydrogens is 310 g/mol. The fraction of sp³-hybridized carbons (Fsp3) is 0.333. The molecule has 2 aromatic rings. The zero-order valence-electron chi connectivity index (χ0n) is 12.3. The van der Waals surface area contributed by atoms with Crippen LogP contribution in [0.3, 0.4) is 0 Å².